The number of unbranched alkanes of at least 4 members (excludes halogenated alkanes) is 14. The molecule has 0 saturated carbocycles. The van der Waals surface area contributed by atoms with E-state index in [-0.39, 0.29) is 6.42 Å². The molecule has 0 bridgehead atoms. The van der Waals surface area contributed by atoms with Gasteiger partial charge in [0.25, 0.3) is 0 Å². The first-order chi connectivity index (χ1) is 17.2. The minimum Gasteiger partial charge on any atom is -0.459 e. The number of carbonyl (C=O) groups excluding carboxylic acids is 3. The van der Waals surface area contributed by atoms with Gasteiger partial charge in [-0.05, 0) is 40.5 Å². The van der Waals surface area contributed by atoms with E-state index in [0.29, 0.717) is 19.5 Å². The van der Waals surface area contributed by atoms with E-state index in [1.807, 2.05) is 6.92 Å². The second kappa shape index (κ2) is 20.5. The van der Waals surface area contributed by atoms with Crippen LogP contribution in [-0.2, 0) is 19.1 Å². The molecule has 212 valence electrons. The van der Waals surface area contributed by atoms with Crippen molar-refractivity contribution >= 4 is 17.8 Å². The summed E-state index contributed by atoms with van der Waals surface area (Å²) in [6.45, 7) is 12.0. The maximum absolute atomic E-state index is 13.2. The van der Waals surface area contributed by atoms with Crippen LogP contribution in [0.25, 0.3) is 0 Å². The second-order valence-electron chi connectivity index (χ2n) is 11.2. The van der Waals surface area contributed by atoms with Crippen LogP contribution in [0.3, 0.4) is 0 Å². The van der Waals surface area contributed by atoms with E-state index in [0.717, 1.165) is 25.7 Å². The summed E-state index contributed by atoms with van der Waals surface area (Å²) in [7, 11) is 0. The van der Waals surface area contributed by atoms with Gasteiger partial charge in [0, 0.05) is 13.1 Å². The highest BCUT2D eigenvalue weighted by molar-refractivity contribution is 6.21. The molecule has 2 amide bonds. The Balaban J connectivity index is 4.59. The van der Waals surface area contributed by atoms with Crippen LogP contribution >= 0.6 is 0 Å². The maximum Gasteiger partial charge on any atom is 0.331 e. The third-order valence-corrected chi connectivity index (χ3v) is 6.55. The zero-order valence-corrected chi connectivity index (χ0v) is 24.6. The lowest BCUT2D eigenvalue weighted by Gasteiger charge is -2.32. The van der Waals surface area contributed by atoms with Gasteiger partial charge in [-0.1, -0.05) is 110 Å². The average Bonchev–Trinajstić information content (AvgIpc) is 2.81. The van der Waals surface area contributed by atoms with E-state index in [1.165, 1.54) is 70.6 Å². The molecular formula is C30H58N2O4. The topological polar surface area (TPSA) is 84.5 Å². The molecule has 0 aliphatic carbocycles. The molecule has 0 aliphatic heterocycles. The normalized spacial score (nSPS) is 13.2. The summed E-state index contributed by atoms with van der Waals surface area (Å²) in [4.78, 5) is 39.5. The number of hydrogen-bond donors (Lipinski definition) is 2. The quantitative estimate of drug-likeness (QED) is 0.0913. The van der Waals surface area contributed by atoms with Crippen LogP contribution in [0.5, 0.6) is 0 Å². The highest BCUT2D eigenvalue weighted by Gasteiger charge is 2.54. The Labute approximate surface area is 222 Å². The lowest BCUT2D eigenvalue weighted by Crippen LogP contribution is -2.57. The summed E-state index contributed by atoms with van der Waals surface area (Å²) in [5, 5.41) is 5.49. The third kappa shape index (κ3) is 14.8. The van der Waals surface area contributed by atoms with E-state index >= 15 is 0 Å². The molecule has 0 aliphatic rings. The number of esters is 1. The van der Waals surface area contributed by atoms with Crippen molar-refractivity contribution in [3.63, 3.8) is 0 Å². The molecule has 36 heavy (non-hydrogen) atoms. The first-order valence-corrected chi connectivity index (χ1v) is 15.0. The van der Waals surface area contributed by atoms with Crippen LogP contribution in [0.4, 0.5) is 0 Å². The van der Waals surface area contributed by atoms with Crippen molar-refractivity contribution in [3.8, 4) is 0 Å². The van der Waals surface area contributed by atoms with Crippen LogP contribution in [0.15, 0.2) is 0 Å². The predicted molar refractivity (Wildman–Crippen MR) is 150 cm³/mol. The number of amides is 2. The molecule has 1 unspecified atom stereocenters. The standard InChI is InChI=1S/C30H58N2O4/c1-7-10-11-12-13-14-15-16-17-18-19-20-21-22-23-24-30(26(33)31-9-3,27(34)32-25-8-2)28(35)36-29(4,5)6/h7-25H2,1-6H3,(H,31,33)(H,32,34). The first-order valence-electron chi connectivity index (χ1n) is 15.0. The summed E-state index contributed by atoms with van der Waals surface area (Å²) < 4.78 is 5.59. The molecular weight excluding hydrogens is 452 g/mol. The molecule has 1 atom stereocenters. The minimum absolute atomic E-state index is 0.168. The summed E-state index contributed by atoms with van der Waals surface area (Å²) >= 11 is 0. The largest absolute Gasteiger partial charge is 0.459 e. The third-order valence-electron chi connectivity index (χ3n) is 6.55. The fourth-order valence-corrected chi connectivity index (χ4v) is 4.45. The van der Waals surface area contributed by atoms with E-state index in [2.05, 4.69) is 17.6 Å². The van der Waals surface area contributed by atoms with Crippen molar-refractivity contribution in [2.45, 2.75) is 156 Å². The summed E-state index contributed by atoms with van der Waals surface area (Å²) in [6.07, 6.45) is 19.4. The van der Waals surface area contributed by atoms with Gasteiger partial charge in [-0.15, -0.1) is 0 Å². The van der Waals surface area contributed by atoms with Gasteiger partial charge < -0.3 is 15.4 Å². The van der Waals surface area contributed by atoms with Gasteiger partial charge >= 0.3 is 5.97 Å². The smallest absolute Gasteiger partial charge is 0.331 e. The Kier molecular flexibility index (Phi) is 19.6. The van der Waals surface area contributed by atoms with Gasteiger partial charge in [-0.3, -0.25) is 14.4 Å². The molecule has 0 fully saturated rings. The second-order valence-corrected chi connectivity index (χ2v) is 11.2. The Morgan fingerprint density at radius 2 is 1.00 bits per heavy atom. The zero-order valence-electron chi connectivity index (χ0n) is 24.6. The average molecular weight is 511 g/mol. The van der Waals surface area contributed by atoms with Crippen LogP contribution in [0.1, 0.15) is 151 Å². The number of nitrogens with one attached hydrogen (secondary N) is 2. The van der Waals surface area contributed by atoms with Gasteiger partial charge in [0.15, 0.2) is 0 Å². The highest BCUT2D eigenvalue weighted by atomic mass is 16.6. The minimum atomic E-state index is -1.84. The number of ether oxygens (including phenoxy) is 1. The Bertz CT molecular complexity index is 600. The molecule has 0 aromatic rings. The molecule has 0 rings (SSSR count). The Morgan fingerprint density at radius 1 is 0.583 bits per heavy atom. The van der Waals surface area contributed by atoms with E-state index in [9.17, 15) is 14.4 Å². The fraction of sp³-hybridized carbons (Fsp3) is 0.900. The van der Waals surface area contributed by atoms with Crippen molar-refractivity contribution in [2.24, 2.45) is 5.41 Å². The SMILES string of the molecule is CCCCCCCCCCCCCCCCCC(C(=O)NCC)(C(=O)NCCC)C(=O)OC(C)(C)C. The number of hydrogen-bond acceptors (Lipinski definition) is 4. The van der Waals surface area contributed by atoms with Crippen LogP contribution in [-0.4, -0.2) is 36.5 Å². The Hall–Kier alpha value is -1.59. The highest BCUT2D eigenvalue weighted by Crippen LogP contribution is 2.31. The molecule has 0 radical (unpaired) electrons. The summed E-state index contributed by atoms with van der Waals surface area (Å²) in [5.74, 6) is -1.85. The van der Waals surface area contributed by atoms with Gasteiger partial charge in [0.2, 0.25) is 17.2 Å². The van der Waals surface area contributed by atoms with Crippen molar-refractivity contribution < 1.29 is 19.1 Å². The molecule has 0 saturated heterocycles. The van der Waals surface area contributed by atoms with Crippen LogP contribution < -0.4 is 10.6 Å². The first kappa shape index (κ1) is 34.4. The monoisotopic (exact) mass is 510 g/mol. The Morgan fingerprint density at radius 3 is 1.39 bits per heavy atom. The summed E-state index contributed by atoms with van der Waals surface area (Å²) in [6, 6.07) is 0. The van der Waals surface area contributed by atoms with Crippen molar-refractivity contribution in [2.75, 3.05) is 13.1 Å². The van der Waals surface area contributed by atoms with Crippen LogP contribution in [0, 0.1) is 5.41 Å². The lowest BCUT2D eigenvalue weighted by atomic mass is 9.79. The number of carbonyl (C=O) groups is 3. The molecule has 6 nitrogen and oxygen atoms in total. The van der Waals surface area contributed by atoms with E-state index in [4.69, 9.17) is 4.74 Å². The van der Waals surface area contributed by atoms with Crippen molar-refractivity contribution in [3.05, 3.63) is 0 Å². The van der Waals surface area contributed by atoms with Gasteiger partial charge in [-0.25, -0.2) is 0 Å². The van der Waals surface area contributed by atoms with E-state index < -0.39 is 28.8 Å². The van der Waals surface area contributed by atoms with E-state index in [1.54, 1.807) is 27.7 Å². The van der Waals surface area contributed by atoms with Gasteiger partial charge in [0.1, 0.15) is 5.60 Å². The van der Waals surface area contributed by atoms with Gasteiger partial charge in [0.05, 0.1) is 0 Å². The zero-order chi connectivity index (χ0) is 27.3. The molecule has 0 heterocycles. The fourth-order valence-electron chi connectivity index (χ4n) is 4.45. The predicted octanol–water partition coefficient (Wildman–Crippen LogP) is 7.24. The maximum atomic E-state index is 13.2. The molecule has 0 aromatic heterocycles. The lowest BCUT2D eigenvalue weighted by molar-refractivity contribution is -0.174. The summed E-state index contributed by atoms with van der Waals surface area (Å²) in [5.41, 5.74) is -2.62. The van der Waals surface area contributed by atoms with Crippen molar-refractivity contribution in [1.82, 2.24) is 10.6 Å². The van der Waals surface area contributed by atoms with Crippen molar-refractivity contribution in [1.29, 1.82) is 0 Å². The number of rotatable bonds is 22. The molecule has 6 heteroatoms. The molecule has 0 aromatic carbocycles. The van der Waals surface area contributed by atoms with Crippen LogP contribution in [0.2, 0.25) is 0 Å². The molecule has 2 N–H and O–H groups in total. The molecule has 0 spiro atoms. The van der Waals surface area contributed by atoms with Gasteiger partial charge in [-0.2, -0.15) is 0 Å².